The Kier molecular flexibility index (Phi) is 3.12. The van der Waals surface area contributed by atoms with E-state index in [1.165, 1.54) is 27.3 Å². The Labute approximate surface area is 130 Å². The molecule has 0 saturated heterocycles. The third-order valence-corrected chi connectivity index (χ3v) is 4.28. The molecule has 22 heavy (non-hydrogen) atoms. The van der Waals surface area contributed by atoms with Gasteiger partial charge in [0.2, 0.25) is 0 Å². The van der Waals surface area contributed by atoms with Gasteiger partial charge in [-0.3, -0.25) is 4.98 Å². The van der Waals surface area contributed by atoms with E-state index < -0.39 is 0 Å². The van der Waals surface area contributed by atoms with Gasteiger partial charge < -0.3 is 0 Å². The van der Waals surface area contributed by atoms with Crippen molar-refractivity contribution in [1.29, 1.82) is 0 Å². The standard InChI is InChI=1S/C21H17N/c1-15-19(14-18-8-3-5-12-21(18)22-15)13-17-10-6-9-16-7-2-4-11-20(16)17/h2-12,14H,13H2,1H3. The number of para-hydroxylation sites is 1. The quantitative estimate of drug-likeness (QED) is 0.487. The van der Waals surface area contributed by atoms with Crippen LogP contribution >= 0.6 is 0 Å². The first-order chi connectivity index (χ1) is 10.8. The summed E-state index contributed by atoms with van der Waals surface area (Å²) >= 11 is 0. The second-order valence-corrected chi connectivity index (χ2v) is 5.74. The smallest absolute Gasteiger partial charge is 0.0705 e. The second-order valence-electron chi connectivity index (χ2n) is 5.74. The van der Waals surface area contributed by atoms with Crippen molar-refractivity contribution in [3.63, 3.8) is 0 Å². The van der Waals surface area contributed by atoms with Gasteiger partial charge in [0.05, 0.1) is 5.52 Å². The summed E-state index contributed by atoms with van der Waals surface area (Å²) in [6.45, 7) is 2.10. The van der Waals surface area contributed by atoms with Crippen molar-refractivity contribution in [2.45, 2.75) is 13.3 Å². The van der Waals surface area contributed by atoms with Gasteiger partial charge in [0.1, 0.15) is 0 Å². The molecular formula is C21H17N. The molecule has 0 saturated carbocycles. The minimum Gasteiger partial charge on any atom is -0.253 e. The Morgan fingerprint density at radius 3 is 2.36 bits per heavy atom. The zero-order valence-electron chi connectivity index (χ0n) is 12.6. The highest BCUT2D eigenvalue weighted by atomic mass is 14.7. The highest BCUT2D eigenvalue weighted by Gasteiger charge is 2.06. The first-order valence-corrected chi connectivity index (χ1v) is 7.63. The van der Waals surface area contributed by atoms with Crippen LogP contribution in [0, 0.1) is 6.92 Å². The molecule has 0 aliphatic heterocycles. The van der Waals surface area contributed by atoms with E-state index in [0.717, 1.165) is 17.6 Å². The Balaban J connectivity index is 1.84. The fraction of sp³-hybridized carbons (Fsp3) is 0.0952. The van der Waals surface area contributed by atoms with E-state index >= 15 is 0 Å². The number of benzene rings is 3. The molecule has 1 nitrogen and oxygen atoms in total. The number of pyridine rings is 1. The van der Waals surface area contributed by atoms with E-state index in [1.54, 1.807) is 0 Å². The maximum absolute atomic E-state index is 4.75. The van der Waals surface area contributed by atoms with Crippen LogP contribution in [0.2, 0.25) is 0 Å². The minimum absolute atomic E-state index is 0.922. The predicted octanol–water partition coefficient (Wildman–Crippen LogP) is 5.29. The largest absolute Gasteiger partial charge is 0.253 e. The van der Waals surface area contributed by atoms with Gasteiger partial charge in [-0.2, -0.15) is 0 Å². The van der Waals surface area contributed by atoms with Crippen LogP contribution in [0.4, 0.5) is 0 Å². The average molecular weight is 283 g/mol. The molecule has 0 aliphatic carbocycles. The summed E-state index contributed by atoms with van der Waals surface area (Å²) in [4.78, 5) is 4.75. The molecule has 4 rings (SSSR count). The summed E-state index contributed by atoms with van der Waals surface area (Å²) < 4.78 is 0. The van der Waals surface area contributed by atoms with Crippen LogP contribution in [0.3, 0.4) is 0 Å². The first-order valence-electron chi connectivity index (χ1n) is 7.63. The van der Waals surface area contributed by atoms with Crippen molar-refractivity contribution in [3.8, 4) is 0 Å². The fourth-order valence-corrected chi connectivity index (χ4v) is 3.09. The average Bonchev–Trinajstić information content (AvgIpc) is 2.56. The summed E-state index contributed by atoms with van der Waals surface area (Å²) in [7, 11) is 0. The molecule has 106 valence electrons. The molecule has 0 unspecified atom stereocenters. The van der Waals surface area contributed by atoms with Crippen LogP contribution in [0.25, 0.3) is 21.7 Å². The van der Waals surface area contributed by atoms with Gasteiger partial charge in [0, 0.05) is 11.1 Å². The molecule has 0 fully saturated rings. The number of aryl methyl sites for hydroxylation is 1. The molecular weight excluding hydrogens is 266 g/mol. The number of nitrogens with zero attached hydrogens (tertiary/aromatic N) is 1. The van der Waals surface area contributed by atoms with Crippen LogP contribution in [0.1, 0.15) is 16.8 Å². The van der Waals surface area contributed by atoms with Crippen molar-refractivity contribution in [2.75, 3.05) is 0 Å². The van der Waals surface area contributed by atoms with Crippen LogP contribution in [0.5, 0.6) is 0 Å². The van der Waals surface area contributed by atoms with Crippen LogP contribution in [-0.2, 0) is 6.42 Å². The predicted molar refractivity (Wildman–Crippen MR) is 93.2 cm³/mol. The van der Waals surface area contributed by atoms with E-state index in [9.17, 15) is 0 Å². The van der Waals surface area contributed by atoms with Gasteiger partial charge in [0.25, 0.3) is 0 Å². The topological polar surface area (TPSA) is 12.9 Å². The lowest BCUT2D eigenvalue weighted by atomic mass is 9.97. The number of fused-ring (bicyclic) bond motifs is 2. The minimum atomic E-state index is 0.922. The van der Waals surface area contributed by atoms with E-state index in [0.29, 0.717) is 0 Å². The van der Waals surface area contributed by atoms with Crippen LogP contribution in [-0.4, -0.2) is 4.98 Å². The van der Waals surface area contributed by atoms with E-state index in [2.05, 4.69) is 73.7 Å². The maximum Gasteiger partial charge on any atom is 0.0705 e. The molecule has 0 amide bonds. The fourth-order valence-electron chi connectivity index (χ4n) is 3.09. The lowest BCUT2D eigenvalue weighted by Gasteiger charge is -2.10. The second kappa shape index (κ2) is 5.27. The first kappa shape index (κ1) is 13.0. The third kappa shape index (κ3) is 2.25. The molecule has 0 spiro atoms. The van der Waals surface area contributed by atoms with Crippen molar-refractivity contribution >= 4 is 21.7 Å². The van der Waals surface area contributed by atoms with Gasteiger partial charge in [-0.15, -0.1) is 0 Å². The Morgan fingerprint density at radius 2 is 1.45 bits per heavy atom. The summed E-state index contributed by atoms with van der Waals surface area (Å²) in [6.07, 6.45) is 0.922. The van der Waals surface area contributed by atoms with E-state index in [-0.39, 0.29) is 0 Å². The molecule has 0 radical (unpaired) electrons. The van der Waals surface area contributed by atoms with Crippen molar-refractivity contribution in [1.82, 2.24) is 4.98 Å². The molecule has 0 aliphatic rings. The summed E-state index contributed by atoms with van der Waals surface area (Å²) in [6, 6.07) is 25.7. The van der Waals surface area contributed by atoms with Gasteiger partial charge in [0.15, 0.2) is 0 Å². The third-order valence-electron chi connectivity index (χ3n) is 4.28. The molecule has 1 heteroatoms. The highest BCUT2D eigenvalue weighted by molar-refractivity contribution is 5.86. The zero-order chi connectivity index (χ0) is 14.9. The Hall–Kier alpha value is -2.67. The molecule has 0 N–H and O–H groups in total. The number of hydrogen-bond acceptors (Lipinski definition) is 1. The molecule has 1 heterocycles. The Morgan fingerprint density at radius 1 is 0.727 bits per heavy atom. The summed E-state index contributed by atoms with van der Waals surface area (Å²) in [5, 5.41) is 3.84. The van der Waals surface area contributed by atoms with Crippen molar-refractivity contribution in [3.05, 3.63) is 89.6 Å². The number of hydrogen-bond donors (Lipinski definition) is 0. The summed E-state index contributed by atoms with van der Waals surface area (Å²) in [5.74, 6) is 0. The van der Waals surface area contributed by atoms with Gasteiger partial charge >= 0.3 is 0 Å². The molecule has 3 aromatic carbocycles. The van der Waals surface area contributed by atoms with Gasteiger partial charge in [-0.05, 0) is 47.4 Å². The normalized spacial score (nSPS) is 11.1. The van der Waals surface area contributed by atoms with Crippen LogP contribution < -0.4 is 0 Å². The van der Waals surface area contributed by atoms with E-state index in [4.69, 9.17) is 4.98 Å². The molecule has 0 bridgehead atoms. The SMILES string of the molecule is Cc1nc2ccccc2cc1Cc1cccc2ccccc12. The number of aromatic nitrogens is 1. The summed E-state index contributed by atoms with van der Waals surface area (Å²) in [5.41, 5.74) is 4.85. The lowest BCUT2D eigenvalue weighted by Crippen LogP contribution is -1.96. The molecule has 1 aromatic heterocycles. The monoisotopic (exact) mass is 283 g/mol. The molecule has 4 aromatic rings. The van der Waals surface area contributed by atoms with Gasteiger partial charge in [-0.1, -0.05) is 60.7 Å². The van der Waals surface area contributed by atoms with E-state index in [1.807, 2.05) is 6.07 Å². The van der Waals surface area contributed by atoms with Gasteiger partial charge in [-0.25, -0.2) is 0 Å². The van der Waals surface area contributed by atoms with Crippen molar-refractivity contribution in [2.24, 2.45) is 0 Å². The Bertz CT molecular complexity index is 964. The van der Waals surface area contributed by atoms with Crippen molar-refractivity contribution < 1.29 is 0 Å². The van der Waals surface area contributed by atoms with Crippen LogP contribution in [0.15, 0.2) is 72.8 Å². The molecule has 0 atom stereocenters. The lowest BCUT2D eigenvalue weighted by molar-refractivity contribution is 1.11. The zero-order valence-corrected chi connectivity index (χ0v) is 12.6. The highest BCUT2D eigenvalue weighted by Crippen LogP contribution is 2.24. The number of rotatable bonds is 2. The maximum atomic E-state index is 4.75.